The third-order valence-electron chi connectivity index (χ3n) is 5.03. The molecule has 0 saturated carbocycles. The molecule has 0 aromatic heterocycles. The third-order valence-corrected chi connectivity index (χ3v) is 7.41. The minimum Gasteiger partial charge on any atom is -0.376 e. The quantitative estimate of drug-likeness (QED) is 0.746. The molecule has 2 fully saturated rings. The Morgan fingerprint density at radius 1 is 1.26 bits per heavy atom. The zero-order valence-electron chi connectivity index (χ0n) is 15.0. The molecular formula is C18H24Cl2N2O4S. The van der Waals surface area contributed by atoms with Gasteiger partial charge in [0, 0.05) is 36.3 Å². The number of nitrogens with zero attached hydrogens (tertiary/aromatic N) is 1. The lowest BCUT2D eigenvalue weighted by atomic mass is 9.99. The summed E-state index contributed by atoms with van der Waals surface area (Å²) >= 11 is 12.0. The number of halogens is 2. The predicted octanol–water partition coefficient (Wildman–Crippen LogP) is 2.83. The predicted molar refractivity (Wildman–Crippen MR) is 105 cm³/mol. The molecule has 2 heterocycles. The molecule has 3 rings (SSSR count). The van der Waals surface area contributed by atoms with Crippen LogP contribution in [0.5, 0.6) is 0 Å². The van der Waals surface area contributed by atoms with E-state index >= 15 is 0 Å². The molecule has 0 spiro atoms. The van der Waals surface area contributed by atoms with Gasteiger partial charge in [0.15, 0.2) is 0 Å². The summed E-state index contributed by atoms with van der Waals surface area (Å²) in [5.41, 5.74) is 0.506. The van der Waals surface area contributed by atoms with Crippen LogP contribution in [0, 0.1) is 5.92 Å². The van der Waals surface area contributed by atoms with Gasteiger partial charge in [0.25, 0.3) is 0 Å². The lowest BCUT2D eigenvalue weighted by molar-refractivity contribution is -0.126. The average Bonchev–Trinajstić information content (AvgIpc) is 3.16. The Hall–Kier alpha value is -0.860. The van der Waals surface area contributed by atoms with Gasteiger partial charge in [-0.05, 0) is 43.4 Å². The van der Waals surface area contributed by atoms with Gasteiger partial charge in [-0.25, -0.2) is 12.7 Å². The van der Waals surface area contributed by atoms with Gasteiger partial charge in [-0.1, -0.05) is 29.3 Å². The van der Waals surface area contributed by atoms with Crippen molar-refractivity contribution >= 4 is 39.1 Å². The Morgan fingerprint density at radius 3 is 2.78 bits per heavy atom. The number of sulfonamides is 1. The lowest BCUT2D eigenvalue weighted by Crippen LogP contribution is -2.46. The van der Waals surface area contributed by atoms with Crippen LogP contribution in [0.3, 0.4) is 0 Å². The number of rotatable bonds is 6. The molecular weight excluding hydrogens is 411 g/mol. The van der Waals surface area contributed by atoms with E-state index in [9.17, 15) is 13.2 Å². The Labute approximate surface area is 170 Å². The monoisotopic (exact) mass is 434 g/mol. The summed E-state index contributed by atoms with van der Waals surface area (Å²) in [4.78, 5) is 12.5. The van der Waals surface area contributed by atoms with E-state index in [1.54, 1.807) is 12.1 Å². The van der Waals surface area contributed by atoms with E-state index in [1.807, 2.05) is 0 Å². The van der Waals surface area contributed by atoms with Crippen LogP contribution in [-0.2, 0) is 25.3 Å². The van der Waals surface area contributed by atoms with Gasteiger partial charge in [-0.15, -0.1) is 0 Å². The van der Waals surface area contributed by atoms with Gasteiger partial charge in [0.1, 0.15) is 0 Å². The average molecular weight is 435 g/mol. The summed E-state index contributed by atoms with van der Waals surface area (Å²) in [5.74, 6) is -0.640. The SMILES string of the molecule is O=C(NC[C@@H]1CCCO1)[C@H]1CCCN(S(=O)(=O)Cc2ccc(Cl)cc2Cl)C1. The third kappa shape index (κ3) is 5.57. The van der Waals surface area contributed by atoms with Gasteiger partial charge in [-0.3, -0.25) is 4.79 Å². The van der Waals surface area contributed by atoms with Crippen molar-refractivity contribution in [1.29, 1.82) is 0 Å². The van der Waals surface area contributed by atoms with Crippen LogP contribution in [0.25, 0.3) is 0 Å². The Kier molecular flexibility index (Phi) is 7.03. The first kappa shape index (κ1) is 20.9. The highest BCUT2D eigenvalue weighted by Gasteiger charge is 2.33. The molecule has 9 heteroatoms. The molecule has 0 radical (unpaired) electrons. The molecule has 0 aliphatic carbocycles. The van der Waals surface area contributed by atoms with E-state index in [2.05, 4.69) is 5.32 Å². The van der Waals surface area contributed by atoms with E-state index in [0.29, 0.717) is 41.5 Å². The van der Waals surface area contributed by atoms with Crippen LogP contribution < -0.4 is 5.32 Å². The maximum atomic E-state index is 12.8. The van der Waals surface area contributed by atoms with Crippen LogP contribution >= 0.6 is 23.2 Å². The van der Waals surface area contributed by atoms with Crippen molar-refractivity contribution in [1.82, 2.24) is 9.62 Å². The summed E-state index contributed by atoms with van der Waals surface area (Å²) < 4.78 is 32.5. The zero-order chi connectivity index (χ0) is 19.4. The molecule has 27 heavy (non-hydrogen) atoms. The number of carbonyl (C=O) groups is 1. The van der Waals surface area contributed by atoms with Gasteiger partial charge < -0.3 is 10.1 Å². The fourth-order valence-corrected chi connectivity index (χ4v) is 5.70. The summed E-state index contributed by atoms with van der Waals surface area (Å²) in [6.07, 6.45) is 3.39. The Morgan fingerprint density at radius 2 is 2.07 bits per heavy atom. The van der Waals surface area contributed by atoms with E-state index < -0.39 is 10.0 Å². The van der Waals surface area contributed by atoms with E-state index in [4.69, 9.17) is 27.9 Å². The van der Waals surface area contributed by atoms with Crippen LogP contribution in [0.4, 0.5) is 0 Å². The molecule has 2 aliphatic rings. The van der Waals surface area contributed by atoms with Crippen molar-refractivity contribution in [3.05, 3.63) is 33.8 Å². The maximum Gasteiger partial charge on any atom is 0.224 e. The minimum absolute atomic E-state index is 0.0735. The summed E-state index contributed by atoms with van der Waals surface area (Å²) in [7, 11) is -3.57. The first-order valence-corrected chi connectivity index (χ1v) is 11.5. The number of piperidine rings is 1. The van der Waals surface area contributed by atoms with E-state index in [0.717, 1.165) is 19.4 Å². The molecule has 1 N–H and O–H groups in total. The van der Waals surface area contributed by atoms with Crippen molar-refractivity contribution in [3.8, 4) is 0 Å². The normalized spacial score (nSPS) is 24.1. The highest BCUT2D eigenvalue weighted by atomic mass is 35.5. The summed E-state index contributed by atoms with van der Waals surface area (Å²) in [5, 5.41) is 3.70. The molecule has 1 amide bonds. The number of hydrogen-bond donors (Lipinski definition) is 1. The highest BCUT2D eigenvalue weighted by molar-refractivity contribution is 7.88. The van der Waals surface area contributed by atoms with Crippen molar-refractivity contribution in [3.63, 3.8) is 0 Å². The molecule has 0 unspecified atom stereocenters. The fraction of sp³-hybridized carbons (Fsp3) is 0.611. The molecule has 6 nitrogen and oxygen atoms in total. The minimum atomic E-state index is -3.57. The molecule has 0 bridgehead atoms. The molecule has 2 atom stereocenters. The van der Waals surface area contributed by atoms with Gasteiger partial charge in [0.2, 0.25) is 15.9 Å². The second kappa shape index (κ2) is 9.09. The largest absolute Gasteiger partial charge is 0.376 e. The topological polar surface area (TPSA) is 75.7 Å². The van der Waals surface area contributed by atoms with Crippen molar-refractivity contribution < 1.29 is 17.9 Å². The van der Waals surface area contributed by atoms with Crippen LogP contribution in [-0.4, -0.2) is 51.0 Å². The summed E-state index contributed by atoms with van der Waals surface area (Å²) in [6, 6.07) is 4.78. The fourth-order valence-electron chi connectivity index (χ4n) is 3.50. The molecule has 150 valence electrons. The van der Waals surface area contributed by atoms with E-state index in [1.165, 1.54) is 10.4 Å². The first-order valence-electron chi connectivity index (χ1n) is 9.16. The first-order chi connectivity index (χ1) is 12.8. The number of carbonyl (C=O) groups excluding carboxylic acids is 1. The Bertz CT molecular complexity index is 782. The molecule has 1 aromatic carbocycles. The lowest BCUT2D eigenvalue weighted by Gasteiger charge is -2.31. The van der Waals surface area contributed by atoms with Crippen molar-refractivity contribution in [2.45, 2.75) is 37.5 Å². The van der Waals surface area contributed by atoms with Crippen LogP contribution in [0.1, 0.15) is 31.2 Å². The van der Waals surface area contributed by atoms with Gasteiger partial charge >= 0.3 is 0 Å². The van der Waals surface area contributed by atoms with Gasteiger partial charge in [0.05, 0.1) is 17.8 Å². The smallest absolute Gasteiger partial charge is 0.224 e. The number of nitrogens with one attached hydrogen (secondary N) is 1. The van der Waals surface area contributed by atoms with Crippen LogP contribution in [0.15, 0.2) is 18.2 Å². The number of ether oxygens (including phenoxy) is 1. The van der Waals surface area contributed by atoms with Gasteiger partial charge in [-0.2, -0.15) is 0 Å². The molecule has 1 aromatic rings. The number of amides is 1. The zero-order valence-corrected chi connectivity index (χ0v) is 17.3. The van der Waals surface area contributed by atoms with E-state index in [-0.39, 0.29) is 30.2 Å². The molecule has 2 aliphatic heterocycles. The highest BCUT2D eigenvalue weighted by Crippen LogP contribution is 2.26. The van der Waals surface area contributed by atoms with Crippen molar-refractivity contribution in [2.24, 2.45) is 5.92 Å². The standard InChI is InChI=1S/C18H24Cl2N2O4S/c19-15-6-5-14(17(20)9-15)12-27(24,25)22-7-1-3-13(11-22)18(23)21-10-16-4-2-8-26-16/h5-6,9,13,16H,1-4,7-8,10-12H2,(H,21,23)/t13-,16-/m0/s1. The molecule has 2 saturated heterocycles. The summed E-state index contributed by atoms with van der Waals surface area (Å²) in [6.45, 7) is 1.85. The second-order valence-corrected chi connectivity index (χ2v) is 9.88. The number of benzene rings is 1. The Balaban J connectivity index is 1.59. The van der Waals surface area contributed by atoms with Crippen LogP contribution in [0.2, 0.25) is 10.0 Å². The van der Waals surface area contributed by atoms with Crippen molar-refractivity contribution in [2.75, 3.05) is 26.2 Å². The maximum absolute atomic E-state index is 12.8. The number of hydrogen-bond acceptors (Lipinski definition) is 4. The second-order valence-electron chi connectivity index (χ2n) is 7.07.